The highest BCUT2D eigenvalue weighted by molar-refractivity contribution is 9.10. The fourth-order valence-corrected chi connectivity index (χ4v) is 1.93. The van der Waals surface area contributed by atoms with E-state index in [0.717, 1.165) is 0 Å². The van der Waals surface area contributed by atoms with Crippen molar-refractivity contribution in [2.75, 3.05) is 18.1 Å². The minimum absolute atomic E-state index is 0.213. The minimum Gasteiger partial charge on any atom is -0.397 e. The van der Waals surface area contributed by atoms with Gasteiger partial charge in [0.1, 0.15) is 5.82 Å². The Bertz CT molecular complexity index is 661. The third kappa shape index (κ3) is 3.08. The molecule has 0 atom stereocenters. The molecule has 6 heteroatoms. The van der Waals surface area contributed by atoms with Crippen LogP contribution in [0.2, 0.25) is 0 Å². The van der Waals surface area contributed by atoms with Crippen LogP contribution in [0, 0.1) is 5.82 Å². The van der Waals surface area contributed by atoms with Gasteiger partial charge in [0.25, 0.3) is 5.91 Å². The number of rotatable bonds is 3. The molecule has 0 aromatic heterocycles. The third-order valence-corrected chi connectivity index (χ3v) is 3.38. The summed E-state index contributed by atoms with van der Waals surface area (Å²) in [4.78, 5) is 11.6. The van der Waals surface area contributed by atoms with E-state index in [9.17, 15) is 9.18 Å². The lowest BCUT2D eigenvalue weighted by Crippen LogP contribution is -2.17. The van der Waals surface area contributed by atoms with Gasteiger partial charge in [-0.2, -0.15) is 0 Å². The minimum atomic E-state index is -0.379. The van der Waals surface area contributed by atoms with Crippen molar-refractivity contribution in [2.24, 2.45) is 0 Å². The van der Waals surface area contributed by atoms with Crippen LogP contribution >= 0.6 is 15.9 Å². The number of benzene rings is 2. The first-order chi connectivity index (χ1) is 9.51. The zero-order valence-corrected chi connectivity index (χ0v) is 12.3. The highest BCUT2D eigenvalue weighted by Crippen LogP contribution is 2.26. The van der Waals surface area contributed by atoms with Crippen molar-refractivity contribution in [3.63, 3.8) is 0 Å². The predicted octanol–water partition coefficient (Wildman–Crippen LogP) is 3.27. The number of amides is 1. The van der Waals surface area contributed by atoms with Gasteiger partial charge in [-0.1, -0.05) is 0 Å². The van der Waals surface area contributed by atoms with E-state index in [0.29, 0.717) is 27.1 Å². The number of hydrogen-bond donors (Lipinski definition) is 3. The first-order valence-electron chi connectivity index (χ1n) is 5.85. The maximum absolute atomic E-state index is 13.5. The van der Waals surface area contributed by atoms with Crippen molar-refractivity contribution >= 4 is 38.9 Å². The Balaban J connectivity index is 2.32. The normalized spacial score (nSPS) is 10.2. The molecular weight excluding hydrogens is 325 g/mol. The molecule has 0 fully saturated rings. The number of halogens is 2. The van der Waals surface area contributed by atoms with Gasteiger partial charge in [-0.25, -0.2) is 4.39 Å². The monoisotopic (exact) mass is 337 g/mol. The maximum Gasteiger partial charge on any atom is 0.251 e. The Morgan fingerprint density at radius 2 is 2.00 bits per heavy atom. The Hall–Kier alpha value is -2.08. The lowest BCUT2D eigenvalue weighted by molar-refractivity contribution is 0.0963. The van der Waals surface area contributed by atoms with E-state index in [2.05, 4.69) is 26.6 Å². The summed E-state index contributed by atoms with van der Waals surface area (Å²) in [5.41, 5.74) is 7.89. The van der Waals surface area contributed by atoms with E-state index in [1.807, 2.05) is 0 Å². The molecule has 0 saturated carbocycles. The number of carbonyl (C=O) groups is 1. The van der Waals surface area contributed by atoms with Crippen molar-refractivity contribution in [1.29, 1.82) is 0 Å². The van der Waals surface area contributed by atoms with Gasteiger partial charge in [0.05, 0.1) is 15.8 Å². The first-order valence-corrected chi connectivity index (χ1v) is 6.64. The summed E-state index contributed by atoms with van der Waals surface area (Å²) in [7, 11) is 1.55. The molecule has 0 aliphatic heterocycles. The SMILES string of the molecule is CNC(=O)c1ccc(N)c(Nc2ccc(Br)c(F)c2)c1. The Morgan fingerprint density at radius 3 is 2.65 bits per heavy atom. The summed E-state index contributed by atoms with van der Waals surface area (Å²) < 4.78 is 13.8. The van der Waals surface area contributed by atoms with Gasteiger partial charge < -0.3 is 16.4 Å². The second-order valence-corrected chi connectivity index (χ2v) is 4.99. The van der Waals surface area contributed by atoms with Crippen molar-refractivity contribution < 1.29 is 9.18 Å². The number of nitrogen functional groups attached to an aromatic ring is 1. The zero-order valence-electron chi connectivity index (χ0n) is 10.7. The van der Waals surface area contributed by atoms with Gasteiger partial charge in [0.2, 0.25) is 0 Å². The van der Waals surface area contributed by atoms with E-state index in [-0.39, 0.29) is 11.7 Å². The highest BCUT2D eigenvalue weighted by Gasteiger charge is 2.08. The number of nitrogens with two attached hydrogens (primary N) is 1. The van der Waals surface area contributed by atoms with Crippen LogP contribution in [0.4, 0.5) is 21.5 Å². The average molecular weight is 338 g/mol. The first kappa shape index (κ1) is 14.3. The quantitative estimate of drug-likeness (QED) is 0.753. The van der Waals surface area contributed by atoms with Crippen LogP contribution < -0.4 is 16.4 Å². The summed E-state index contributed by atoms with van der Waals surface area (Å²) in [6, 6.07) is 9.52. The number of carbonyl (C=O) groups excluding carboxylic acids is 1. The standard InChI is InChI=1S/C14H13BrFN3O/c1-18-14(20)8-2-5-12(17)13(6-8)19-9-3-4-10(15)11(16)7-9/h2-7,19H,17H2,1H3,(H,18,20). The van der Waals surface area contributed by atoms with Crippen LogP contribution in [0.25, 0.3) is 0 Å². The fraction of sp³-hybridized carbons (Fsp3) is 0.0714. The number of hydrogen-bond acceptors (Lipinski definition) is 3. The van der Waals surface area contributed by atoms with Gasteiger partial charge in [-0.05, 0) is 52.3 Å². The molecule has 2 aromatic carbocycles. The lowest BCUT2D eigenvalue weighted by Gasteiger charge is -2.11. The Kier molecular flexibility index (Phi) is 4.24. The second-order valence-electron chi connectivity index (χ2n) is 4.14. The molecule has 4 N–H and O–H groups in total. The van der Waals surface area contributed by atoms with Gasteiger partial charge in [0, 0.05) is 18.3 Å². The van der Waals surface area contributed by atoms with Crippen molar-refractivity contribution in [3.05, 3.63) is 52.3 Å². The zero-order chi connectivity index (χ0) is 14.7. The third-order valence-electron chi connectivity index (χ3n) is 2.74. The van der Waals surface area contributed by atoms with E-state index in [4.69, 9.17) is 5.73 Å². The lowest BCUT2D eigenvalue weighted by atomic mass is 10.1. The van der Waals surface area contributed by atoms with Gasteiger partial charge >= 0.3 is 0 Å². The summed E-state index contributed by atoms with van der Waals surface area (Å²) in [6.07, 6.45) is 0. The molecule has 0 radical (unpaired) electrons. The van der Waals surface area contributed by atoms with Crippen LogP contribution in [0.5, 0.6) is 0 Å². The maximum atomic E-state index is 13.5. The van der Waals surface area contributed by atoms with Crippen LogP contribution in [0.15, 0.2) is 40.9 Å². The molecule has 4 nitrogen and oxygen atoms in total. The van der Waals surface area contributed by atoms with E-state index < -0.39 is 0 Å². The molecule has 0 saturated heterocycles. The Morgan fingerprint density at radius 1 is 1.25 bits per heavy atom. The largest absolute Gasteiger partial charge is 0.397 e. The number of anilines is 3. The molecule has 0 aliphatic carbocycles. The molecule has 2 rings (SSSR count). The van der Waals surface area contributed by atoms with Crippen LogP contribution in [-0.4, -0.2) is 13.0 Å². The molecular formula is C14H13BrFN3O. The highest BCUT2D eigenvalue weighted by atomic mass is 79.9. The smallest absolute Gasteiger partial charge is 0.251 e. The Labute approximate surface area is 124 Å². The predicted molar refractivity (Wildman–Crippen MR) is 81.6 cm³/mol. The molecule has 0 bridgehead atoms. The summed E-state index contributed by atoms with van der Waals surface area (Å²) >= 11 is 3.09. The molecule has 0 unspecified atom stereocenters. The van der Waals surface area contributed by atoms with Crippen LogP contribution in [0.3, 0.4) is 0 Å². The van der Waals surface area contributed by atoms with Gasteiger partial charge in [-0.3, -0.25) is 4.79 Å². The topological polar surface area (TPSA) is 67.2 Å². The van der Waals surface area contributed by atoms with Gasteiger partial charge in [-0.15, -0.1) is 0 Å². The molecule has 104 valence electrons. The van der Waals surface area contributed by atoms with Crippen molar-refractivity contribution in [3.8, 4) is 0 Å². The summed E-state index contributed by atoms with van der Waals surface area (Å²) in [5, 5.41) is 5.53. The molecule has 2 aromatic rings. The van der Waals surface area contributed by atoms with Crippen LogP contribution in [0.1, 0.15) is 10.4 Å². The average Bonchev–Trinajstić information content (AvgIpc) is 2.44. The van der Waals surface area contributed by atoms with E-state index in [1.165, 1.54) is 6.07 Å². The van der Waals surface area contributed by atoms with E-state index >= 15 is 0 Å². The number of nitrogens with one attached hydrogen (secondary N) is 2. The van der Waals surface area contributed by atoms with Gasteiger partial charge in [0.15, 0.2) is 0 Å². The summed E-state index contributed by atoms with van der Waals surface area (Å²) in [6.45, 7) is 0. The molecule has 20 heavy (non-hydrogen) atoms. The second kappa shape index (κ2) is 5.92. The molecule has 1 amide bonds. The van der Waals surface area contributed by atoms with E-state index in [1.54, 1.807) is 37.4 Å². The van der Waals surface area contributed by atoms with Crippen molar-refractivity contribution in [2.45, 2.75) is 0 Å². The summed E-state index contributed by atoms with van der Waals surface area (Å²) in [5.74, 6) is -0.592. The van der Waals surface area contributed by atoms with Crippen molar-refractivity contribution in [1.82, 2.24) is 5.32 Å². The molecule has 0 aliphatic rings. The molecule has 0 spiro atoms. The fourth-order valence-electron chi connectivity index (χ4n) is 1.68. The van der Waals surface area contributed by atoms with Crippen LogP contribution in [-0.2, 0) is 0 Å². The molecule has 0 heterocycles.